The Labute approximate surface area is 461 Å². The van der Waals surface area contributed by atoms with E-state index in [0.717, 1.165) is 70.6 Å². The van der Waals surface area contributed by atoms with E-state index in [1.807, 2.05) is 0 Å². The lowest BCUT2D eigenvalue weighted by Crippen LogP contribution is -2.30. The lowest BCUT2D eigenvalue weighted by atomic mass is 10.0. The molecule has 0 aromatic carbocycles. The Morgan fingerprint density at radius 1 is 0.270 bits per heavy atom. The summed E-state index contributed by atoms with van der Waals surface area (Å²) in [7, 11) is 0. The zero-order valence-corrected chi connectivity index (χ0v) is 49.9. The van der Waals surface area contributed by atoms with Gasteiger partial charge in [-0.1, -0.05) is 320 Å². The van der Waals surface area contributed by atoms with Crippen molar-refractivity contribution in [3.05, 3.63) is 36.5 Å². The lowest BCUT2D eigenvalue weighted by molar-refractivity contribution is -0.167. The van der Waals surface area contributed by atoms with Gasteiger partial charge in [0, 0.05) is 19.3 Å². The fourth-order valence-electron chi connectivity index (χ4n) is 9.92. The maximum atomic E-state index is 12.9. The van der Waals surface area contributed by atoms with E-state index in [2.05, 4.69) is 57.2 Å². The number of esters is 3. The van der Waals surface area contributed by atoms with Gasteiger partial charge in [0.05, 0.1) is 0 Å². The maximum absolute atomic E-state index is 12.9. The van der Waals surface area contributed by atoms with Crippen molar-refractivity contribution in [2.75, 3.05) is 13.2 Å². The van der Waals surface area contributed by atoms with Crippen molar-refractivity contribution in [1.29, 1.82) is 0 Å². The number of hydrogen-bond acceptors (Lipinski definition) is 6. The normalized spacial score (nSPS) is 12.2. The van der Waals surface area contributed by atoms with Crippen molar-refractivity contribution in [1.82, 2.24) is 0 Å². The molecule has 0 aliphatic heterocycles. The van der Waals surface area contributed by atoms with E-state index in [-0.39, 0.29) is 31.1 Å². The largest absolute Gasteiger partial charge is 0.462 e. The topological polar surface area (TPSA) is 78.9 Å². The van der Waals surface area contributed by atoms with Gasteiger partial charge >= 0.3 is 17.9 Å². The van der Waals surface area contributed by atoms with Crippen LogP contribution >= 0.6 is 0 Å². The molecule has 0 fully saturated rings. The van der Waals surface area contributed by atoms with E-state index in [9.17, 15) is 14.4 Å². The minimum Gasteiger partial charge on any atom is -0.462 e. The first-order chi connectivity index (χ1) is 36.5. The Bertz CT molecular complexity index is 1240. The van der Waals surface area contributed by atoms with E-state index in [4.69, 9.17) is 14.2 Å². The molecule has 0 aromatic heterocycles. The molecule has 6 nitrogen and oxygen atoms in total. The first kappa shape index (κ1) is 71.6. The van der Waals surface area contributed by atoms with Gasteiger partial charge in [0.15, 0.2) is 6.10 Å². The van der Waals surface area contributed by atoms with E-state index in [1.165, 1.54) is 250 Å². The fraction of sp³-hybridized carbons (Fsp3) is 0.868. The molecule has 0 aliphatic carbocycles. The second kappa shape index (κ2) is 63.2. The van der Waals surface area contributed by atoms with Crippen molar-refractivity contribution in [2.24, 2.45) is 0 Å². The molecule has 434 valence electrons. The number of carbonyl (C=O) groups excluding carboxylic acids is 3. The maximum Gasteiger partial charge on any atom is 0.306 e. The summed E-state index contributed by atoms with van der Waals surface area (Å²) in [5.41, 5.74) is 0. The number of unbranched alkanes of at least 4 members (excludes halogenated alkanes) is 44. The van der Waals surface area contributed by atoms with Crippen molar-refractivity contribution in [2.45, 2.75) is 367 Å². The van der Waals surface area contributed by atoms with Gasteiger partial charge in [-0.15, -0.1) is 0 Å². The van der Waals surface area contributed by atoms with Crippen molar-refractivity contribution < 1.29 is 28.6 Å². The number of carbonyl (C=O) groups is 3. The van der Waals surface area contributed by atoms with Crippen LogP contribution in [0.4, 0.5) is 0 Å². The van der Waals surface area contributed by atoms with E-state index >= 15 is 0 Å². The van der Waals surface area contributed by atoms with Crippen LogP contribution in [0.5, 0.6) is 0 Å². The summed E-state index contributed by atoms with van der Waals surface area (Å²) in [5, 5.41) is 0. The number of rotatable bonds is 61. The molecule has 0 aromatic rings. The molecule has 0 rings (SSSR count). The predicted molar refractivity (Wildman–Crippen MR) is 321 cm³/mol. The minimum absolute atomic E-state index is 0.0653. The molecule has 6 heteroatoms. The molecule has 0 spiro atoms. The summed E-state index contributed by atoms with van der Waals surface area (Å²) in [6.07, 6.45) is 77.4. The van der Waals surface area contributed by atoms with Crippen LogP contribution in [-0.4, -0.2) is 37.2 Å². The molecule has 0 N–H and O–H groups in total. The second-order valence-electron chi connectivity index (χ2n) is 22.4. The van der Waals surface area contributed by atoms with E-state index in [1.54, 1.807) is 0 Å². The van der Waals surface area contributed by atoms with Crippen LogP contribution in [0, 0.1) is 0 Å². The van der Waals surface area contributed by atoms with Crippen molar-refractivity contribution >= 4 is 17.9 Å². The van der Waals surface area contributed by atoms with Gasteiger partial charge in [0.1, 0.15) is 13.2 Å². The van der Waals surface area contributed by atoms with E-state index < -0.39 is 6.10 Å². The van der Waals surface area contributed by atoms with Gasteiger partial charge in [-0.3, -0.25) is 14.4 Å². The van der Waals surface area contributed by atoms with Gasteiger partial charge in [0.2, 0.25) is 0 Å². The average Bonchev–Trinajstić information content (AvgIpc) is 3.40. The predicted octanol–water partition coefficient (Wildman–Crippen LogP) is 22.4. The van der Waals surface area contributed by atoms with Crippen LogP contribution in [0.15, 0.2) is 36.5 Å². The third kappa shape index (κ3) is 60.5. The Balaban J connectivity index is 4.09. The molecular formula is C68H126O6. The van der Waals surface area contributed by atoms with Crippen LogP contribution in [-0.2, 0) is 28.6 Å². The first-order valence-electron chi connectivity index (χ1n) is 33.0. The van der Waals surface area contributed by atoms with Gasteiger partial charge in [-0.25, -0.2) is 0 Å². The van der Waals surface area contributed by atoms with Crippen LogP contribution in [0.25, 0.3) is 0 Å². The van der Waals surface area contributed by atoms with Crippen molar-refractivity contribution in [3.8, 4) is 0 Å². The Kier molecular flexibility index (Phi) is 61.1. The standard InChI is InChI=1S/C68H126O6/c1-4-7-10-13-16-19-22-24-26-27-28-29-30-31-32-33-34-35-36-37-38-39-40-41-42-44-46-49-52-55-58-61-67(70)73-64-65(63-72-66(69)60-57-54-51-48-45-21-18-15-12-9-6-3)74-68(71)62-59-56-53-50-47-43-25-23-20-17-14-11-8-5-2/h22,24,27-28,30-31,65H,4-21,23,25-26,29,32-64H2,1-3H3/b24-22-,28-27-,31-30-. The highest BCUT2D eigenvalue weighted by Crippen LogP contribution is 2.18. The van der Waals surface area contributed by atoms with Gasteiger partial charge in [0.25, 0.3) is 0 Å². The second-order valence-corrected chi connectivity index (χ2v) is 22.4. The zero-order chi connectivity index (χ0) is 53.6. The SMILES string of the molecule is CCCCCCC/C=C\C/C=C\C/C=C\CCCCCCCCCCCCCCCCCCC(=O)OCC(COC(=O)CCCCCCCCCCCCC)OC(=O)CCCCCCCCCCCCCCCC. The molecule has 0 amide bonds. The molecule has 0 saturated heterocycles. The van der Waals surface area contributed by atoms with E-state index in [0.29, 0.717) is 19.3 Å². The molecule has 0 heterocycles. The third-order valence-corrected chi connectivity index (χ3v) is 14.9. The van der Waals surface area contributed by atoms with Crippen LogP contribution < -0.4 is 0 Å². The molecular weight excluding hydrogens is 913 g/mol. The monoisotopic (exact) mass is 1040 g/mol. The summed E-state index contributed by atoms with van der Waals surface area (Å²) in [4.78, 5) is 38.2. The number of allylic oxidation sites excluding steroid dienone is 6. The number of hydrogen-bond donors (Lipinski definition) is 0. The van der Waals surface area contributed by atoms with Crippen molar-refractivity contribution in [3.63, 3.8) is 0 Å². The van der Waals surface area contributed by atoms with Gasteiger partial charge in [-0.05, 0) is 57.8 Å². The highest BCUT2D eigenvalue weighted by molar-refractivity contribution is 5.71. The lowest BCUT2D eigenvalue weighted by Gasteiger charge is -2.18. The Morgan fingerprint density at radius 3 is 0.757 bits per heavy atom. The Morgan fingerprint density at radius 2 is 0.486 bits per heavy atom. The molecule has 1 atom stereocenters. The van der Waals surface area contributed by atoms with Gasteiger partial charge < -0.3 is 14.2 Å². The third-order valence-electron chi connectivity index (χ3n) is 14.9. The van der Waals surface area contributed by atoms with Crippen LogP contribution in [0.1, 0.15) is 361 Å². The zero-order valence-electron chi connectivity index (χ0n) is 49.9. The fourth-order valence-corrected chi connectivity index (χ4v) is 9.92. The summed E-state index contributed by atoms with van der Waals surface area (Å²) >= 11 is 0. The molecule has 0 radical (unpaired) electrons. The minimum atomic E-state index is -0.766. The number of ether oxygens (including phenoxy) is 3. The highest BCUT2D eigenvalue weighted by atomic mass is 16.6. The summed E-state index contributed by atoms with van der Waals surface area (Å²) in [5.74, 6) is -0.842. The summed E-state index contributed by atoms with van der Waals surface area (Å²) in [6, 6.07) is 0. The quantitative estimate of drug-likeness (QED) is 0.0261. The molecule has 74 heavy (non-hydrogen) atoms. The molecule has 1 unspecified atom stereocenters. The summed E-state index contributed by atoms with van der Waals surface area (Å²) in [6.45, 7) is 6.68. The van der Waals surface area contributed by atoms with Crippen LogP contribution in [0.3, 0.4) is 0 Å². The molecule has 0 saturated carbocycles. The average molecular weight is 1040 g/mol. The molecule has 0 bridgehead atoms. The summed E-state index contributed by atoms with van der Waals surface area (Å²) < 4.78 is 16.9. The smallest absolute Gasteiger partial charge is 0.306 e. The van der Waals surface area contributed by atoms with Gasteiger partial charge in [-0.2, -0.15) is 0 Å². The Hall–Kier alpha value is -2.37. The molecule has 0 aliphatic rings. The highest BCUT2D eigenvalue weighted by Gasteiger charge is 2.19. The first-order valence-corrected chi connectivity index (χ1v) is 33.0. The van der Waals surface area contributed by atoms with Crippen LogP contribution in [0.2, 0.25) is 0 Å².